The lowest BCUT2D eigenvalue weighted by Gasteiger charge is -2.44. The Morgan fingerprint density at radius 1 is 0.328 bits per heavy atom. The van der Waals surface area contributed by atoms with Crippen molar-refractivity contribution in [3.8, 4) is 0 Å². The van der Waals surface area contributed by atoms with Crippen LogP contribution in [0.3, 0.4) is 0 Å². The Balaban J connectivity index is 7.88. The van der Waals surface area contributed by atoms with Crippen molar-refractivity contribution in [2.45, 2.75) is 128 Å². The van der Waals surface area contributed by atoms with Gasteiger partial charge in [-0.05, 0) is 18.6 Å². The van der Waals surface area contributed by atoms with Crippen molar-refractivity contribution < 1.29 is 182 Å². The number of unbranched alkanes of at least 4 members (excludes halogenated alkanes) is 3. The van der Waals surface area contributed by atoms with Crippen LogP contribution in [0.25, 0.3) is 0 Å². The van der Waals surface area contributed by atoms with E-state index in [-0.39, 0.29) is 25.0 Å². The molecule has 0 spiro atoms. The molecule has 43 heteroatoms. The second-order valence-electron chi connectivity index (χ2n) is 12.0. The molecule has 67 heavy (non-hydrogen) atoms. The van der Waals surface area contributed by atoms with E-state index < -0.39 is 122 Å². The zero-order valence-corrected chi connectivity index (χ0v) is 30.8. The van der Waals surface area contributed by atoms with Gasteiger partial charge in [0.2, 0.25) is 0 Å². The van der Waals surface area contributed by atoms with Crippen LogP contribution in [-0.2, 0) is 28.5 Å². The summed E-state index contributed by atoms with van der Waals surface area (Å²) in [5.74, 6) is -57.2. The van der Waals surface area contributed by atoms with E-state index >= 15 is 0 Å². The first-order chi connectivity index (χ1) is 28.8. The van der Waals surface area contributed by atoms with Gasteiger partial charge in [0.25, 0.3) is 5.91 Å². The number of carbonyl (C=O) groups is 1. The molecule has 0 fully saturated rings. The molecular formula is C24H14F35NO6S. The van der Waals surface area contributed by atoms with Crippen LogP contribution in [0.5, 0.6) is 0 Å². The van der Waals surface area contributed by atoms with Gasteiger partial charge in [-0.3, -0.25) is 28.5 Å². The van der Waals surface area contributed by atoms with E-state index in [1.54, 1.807) is 4.74 Å². The molecule has 402 valence electrons. The average Bonchev–Trinajstić information content (AvgIpc) is 3.05. The molecule has 0 saturated heterocycles. The van der Waals surface area contributed by atoms with Crippen LogP contribution in [0.4, 0.5) is 154 Å². The van der Waals surface area contributed by atoms with Gasteiger partial charge in [0.05, 0.1) is 0 Å². The predicted octanol–water partition coefficient (Wildman–Crippen LogP) is 12.0. The van der Waals surface area contributed by atoms with Crippen molar-refractivity contribution in [2.24, 2.45) is 0 Å². The lowest BCUT2D eigenvalue weighted by Crippen LogP contribution is -2.73. The number of hydrogen-bond acceptors (Lipinski definition) is 7. The first-order valence-corrected chi connectivity index (χ1v) is 15.9. The summed E-state index contributed by atoms with van der Waals surface area (Å²) in [4.78, 5) is 11.7. The number of nitrogens with one attached hydrogen (secondary N) is 1. The van der Waals surface area contributed by atoms with Gasteiger partial charge in [-0.2, -0.15) is 166 Å². The smallest absolute Gasteiger partial charge is 0.351 e. The topological polar surface area (TPSA) is 75.3 Å². The Morgan fingerprint density at radius 2 is 0.582 bits per heavy atom. The lowest BCUT2D eigenvalue weighted by atomic mass is 10.2. The van der Waals surface area contributed by atoms with Gasteiger partial charge in [-0.15, -0.1) is 0 Å². The summed E-state index contributed by atoms with van der Waals surface area (Å²) in [6, 6.07) is 0. The standard InChI is InChI=1S/C24H14F35NO6S/c25-8(14(32,33)34,7(61)60-5-3-1-2-4-6-67)62-21(52,53)10(28,16(38,39)40)64-23(56,57)12(30,18(44,45)46)66-24(58,59)13(31,19(47,48)49)65-22(54,55)11(29,17(41,42)43)63-20(50,51)9(26,27)15(35,36)37/h67H,1-6H2,(H,60,61). The number of carbonyl (C=O) groups excluding carboxylic acids is 1. The molecule has 5 atom stereocenters. The minimum Gasteiger partial charge on any atom is -0.351 e. The van der Waals surface area contributed by atoms with Crippen molar-refractivity contribution in [2.75, 3.05) is 12.3 Å². The van der Waals surface area contributed by atoms with E-state index in [2.05, 4.69) is 12.6 Å². The van der Waals surface area contributed by atoms with Crippen molar-refractivity contribution >= 4 is 18.5 Å². The van der Waals surface area contributed by atoms with Crippen molar-refractivity contribution in [1.29, 1.82) is 0 Å². The van der Waals surface area contributed by atoms with Crippen molar-refractivity contribution in [3.63, 3.8) is 0 Å². The van der Waals surface area contributed by atoms with E-state index in [0.717, 1.165) is 18.9 Å². The molecule has 0 aromatic carbocycles. The molecule has 0 bridgehead atoms. The summed E-state index contributed by atoms with van der Waals surface area (Å²) in [5, 5.41) is 0.603. The maximum absolute atomic E-state index is 14.8. The van der Waals surface area contributed by atoms with Gasteiger partial charge < -0.3 is 5.32 Å². The highest BCUT2D eigenvalue weighted by Gasteiger charge is 2.91. The van der Waals surface area contributed by atoms with Crippen LogP contribution < -0.4 is 5.32 Å². The molecule has 5 unspecified atom stereocenters. The van der Waals surface area contributed by atoms with Gasteiger partial charge >= 0.3 is 103 Å². The summed E-state index contributed by atoms with van der Waals surface area (Å²) in [6.07, 6.45) is -98.6. The van der Waals surface area contributed by atoms with Gasteiger partial charge in [-0.1, -0.05) is 12.8 Å². The molecule has 0 heterocycles. The first-order valence-electron chi connectivity index (χ1n) is 15.3. The SMILES string of the molecule is O=C(NCCCCCCS)C(F)(OC(F)(F)C(F)(OC(F)(F)C(F)(OC(F)(F)C(F)(OC(F)(F)C(F)(OC(F)(F)C(F)(F)C(F)(F)F)C(F)(F)F)C(F)(F)F)C(F)(F)F)C(F)(F)F)C(F)(F)F. The summed E-state index contributed by atoms with van der Waals surface area (Å²) >= 11 is 3.67. The highest BCUT2D eigenvalue weighted by Crippen LogP contribution is 2.62. The molecule has 0 radical (unpaired) electrons. The maximum atomic E-state index is 14.8. The van der Waals surface area contributed by atoms with E-state index in [4.69, 9.17) is 0 Å². The molecular weight excluding hydrogens is 1100 g/mol. The second-order valence-corrected chi connectivity index (χ2v) is 12.5. The van der Waals surface area contributed by atoms with Gasteiger partial charge in [0.15, 0.2) is 0 Å². The second kappa shape index (κ2) is 18.7. The highest BCUT2D eigenvalue weighted by molar-refractivity contribution is 7.80. The zero-order valence-electron chi connectivity index (χ0n) is 29.9. The highest BCUT2D eigenvalue weighted by atomic mass is 32.1. The largest absolute Gasteiger partial charge is 0.462 e. The van der Waals surface area contributed by atoms with Gasteiger partial charge in [0, 0.05) is 6.54 Å². The van der Waals surface area contributed by atoms with Crippen LogP contribution in [-0.4, -0.2) is 121 Å². The normalized spacial score (nSPS) is 19.8. The number of ether oxygens (including phenoxy) is 5. The van der Waals surface area contributed by atoms with E-state index in [9.17, 15) is 158 Å². The van der Waals surface area contributed by atoms with Crippen LogP contribution >= 0.6 is 12.6 Å². The molecule has 0 saturated carbocycles. The minimum atomic E-state index is -9.61. The maximum Gasteiger partial charge on any atom is 0.462 e. The number of hydrogen-bond donors (Lipinski definition) is 2. The zero-order chi connectivity index (χ0) is 54.6. The van der Waals surface area contributed by atoms with Crippen LogP contribution in [0.2, 0.25) is 0 Å². The number of alkyl halides is 35. The third-order valence-electron chi connectivity index (χ3n) is 7.05. The lowest BCUT2D eigenvalue weighted by molar-refractivity contribution is -0.600. The summed E-state index contributed by atoms with van der Waals surface area (Å²) in [7, 11) is 0. The third-order valence-corrected chi connectivity index (χ3v) is 7.36. The van der Waals surface area contributed by atoms with Gasteiger partial charge in [0.1, 0.15) is 0 Å². The Morgan fingerprint density at radius 3 is 0.821 bits per heavy atom. The van der Waals surface area contributed by atoms with Gasteiger partial charge in [-0.25, -0.2) is 0 Å². The predicted molar refractivity (Wildman–Crippen MR) is 136 cm³/mol. The fourth-order valence-corrected chi connectivity index (χ4v) is 3.87. The first kappa shape index (κ1) is 64.2. The van der Waals surface area contributed by atoms with E-state index in [1.165, 1.54) is 0 Å². The van der Waals surface area contributed by atoms with Crippen molar-refractivity contribution in [1.82, 2.24) is 5.32 Å². The molecule has 1 N–H and O–H groups in total. The Labute approximate surface area is 347 Å². The fourth-order valence-electron chi connectivity index (χ4n) is 3.64. The summed E-state index contributed by atoms with van der Waals surface area (Å²) in [5.41, 5.74) is 0. The van der Waals surface area contributed by atoms with E-state index in [0.29, 0.717) is 5.32 Å². The minimum absolute atomic E-state index is 0.0199. The molecule has 0 aliphatic heterocycles. The van der Waals surface area contributed by atoms with Crippen molar-refractivity contribution in [3.05, 3.63) is 0 Å². The Bertz CT molecular complexity index is 1670. The quantitative estimate of drug-likeness (QED) is 0.0639. The number of thiol groups is 1. The van der Waals surface area contributed by atoms with E-state index in [1.807, 2.05) is 0 Å². The van der Waals surface area contributed by atoms with Crippen LogP contribution in [0.15, 0.2) is 0 Å². The van der Waals surface area contributed by atoms with Crippen LogP contribution in [0, 0.1) is 0 Å². The summed E-state index contributed by atoms with van der Waals surface area (Å²) in [6.45, 7) is -1.40. The Hall–Kier alpha value is -2.83. The Kier molecular flexibility index (Phi) is 17.9. The average molecular weight is 1110 g/mol. The molecule has 7 nitrogen and oxygen atoms in total. The molecule has 0 aliphatic carbocycles. The molecule has 0 aromatic heterocycles. The number of halogens is 35. The molecule has 0 aliphatic rings. The molecule has 0 rings (SSSR count). The number of amides is 1. The molecule has 1 amide bonds. The number of rotatable bonds is 22. The third kappa shape index (κ3) is 12.0. The van der Waals surface area contributed by atoms with Crippen LogP contribution in [0.1, 0.15) is 25.7 Å². The fraction of sp³-hybridized carbons (Fsp3) is 0.958. The molecule has 0 aromatic rings. The monoisotopic (exact) mass is 1110 g/mol. The summed E-state index contributed by atoms with van der Waals surface area (Å²) < 4.78 is 483.